The summed E-state index contributed by atoms with van der Waals surface area (Å²) in [5, 5.41) is 24.8. The topological polar surface area (TPSA) is 84.0 Å². The number of phenols is 1. The monoisotopic (exact) mass is 400 g/mol. The minimum absolute atomic E-state index is 0.240. The zero-order chi connectivity index (χ0) is 20.6. The van der Waals surface area contributed by atoms with Gasteiger partial charge in [0, 0.05) is 30.0 Å². The molecule has 0 radical (unpaired) electrons. The molecule has 3 fully saturated rings. The molecule has 9 heteroatoms. The Balaban J connectivity index is 1.55. The molecule has 1 aliphatic carbocycles. The number of fused-ring (bicyclic) bond motifs is 2. The predicted molar refractivity (Wildman–Crippen MR) is 95.9 cm³/mol. The van der Waals surface area contributed by atoms with E-state index < -0.39 is 23.1 Å². The van der Waals surface area contributed by atoms with E-state index in [2.05, 4.69) is 16.2 Å². The second kappa shape index (κ2) is 5.48. The van der Waals surface area contributed by atoms with Crippen LogP contribution in [0, 0.1) is 18.3 Å². The van der Waals surface area contributed by atoms with Crippen LogP contribution in [0.3, 0.4) is 0 Å². The first-order valence-electron chi connectivity index (χ1n) is 8.98. The fourth-order valence-electron chi connectivity index (χ4n) is 4.38. The van der Waals surface area contributed by atoms with Gasteiger partial charge in [0.1, 0.15) is 5.75 Å². The highest BCUT2D eigenvalue weighted by Crippen LogP contribution is 2.55. The standard InChI is InChI=1S/C20H15F3N4O2/c1-11-4-13(20(21,22)23)5-15(28)16(11)14-3-2-12-6-27(26-17(12)25-14)18-7-19(8-18,9-24)29-10-18/h2-6,28H,7-8,10H2,1H3. The maximum atomic E-state index is 13.0. The molecule has 3 aliphatic rings. The molecule has 2 aromatic heterocycles. The Morgan fingerprint density at radius 3 is 2.66 bits per heavy atom. The van der Waals surface area contributed by atoms with E-state index in [1.54, 1.807) is 16.8 Å². The van der Waals surface area contributed by atoms with Gasteiger partial charge in [-0.3, -0.25) is 4.68 Å². The van der Waals surface area contributed by atoms with Crippen LogP contribution in [0.1, 0.15) is 24.0 Å². The summed E-state index contributed by atoms with van der Waals surface area (Å²) in [6.07, 6.45) is -1.57. The minimum atomic E-state index is -4.54. The second-order valence-corrected chi connectivity index (χ2v) is 7.84. The molecule has 0 atom stereocenters. The van der Waals surface area contributed by atoms with Crippen molar-refractivity contribution < 1.29 is 23.0 Å². The minimum Gasteiger partial charge on any atom is -0.507 e. The molecule has 4 heterocycles. The molecule has 0 spiro atoms. The predicted octanol–water partition coefficient (Wildman–Crippen LogP) is 3.91. The van der Waals surface area contributed by atoms with Gasteiger partial charge in [-0.1, -0.05) is 0 Å². The van der Waals surface area contributed by atoms with Gasteiger partial charge in [0.2, 0.25) is 0 Å². The number of benzene rings is 1. The first-order valence-corrected chi connectivity index (χ1v) is 8.98. The molecule has 1 saturated carbocycles. The van der Waals surface area contributed by atoms with Crippen molar-refractivity contribution in [3.63, 3.8) is 0 Å². The number of phenolic OH excluding ortho intramolecular Hbond substituents is 1. The Hall–Kier alpha value is -3.12. The lowest BCUT2D eigenvalue weighted by molar-refractivity contribution is -0.137. The Morgan fingerprint density at radius 2 is 2.03 bits per heavy atom. The highest BCUT2D eigenvalue weighted by Gasteiger charge is 2.65. The van der Waals surface area contributed by atoms with Crippen LogP contribution in [0.15, 0.2) is 30.5 Å². The van der Waals surface area contributed by atoms with E-state index in [1.165, 1.54) is 6.92 Å². The van der Waals surface area contributed by atoms with Crippen LogP contribution >= 0.6 is 0 Å². The van der Waals surface area contributed by atoms with Gasteiger partial charge in [-0.25, -0.2) is 4.98 Å². The van der Waals surface area contributed by atoms with Gasteiger partial charge in [0.05, 0.1) is 29.5 Å². The molecule has 29 heavy (non-hydrogen) atoms. The number of hydrogen-bond donors (Lipinski definition) is 1. The number of ether oxygens (including phenoxy) is 1. The molecule has 2 bridgehead atoms. The van der Waals surface area contributed by atoms with Crippen molar-refractivity contribution in [3.05, 3.63) is 41.6 Å². The first kappa shape index (κ1) is 17.9. The SMILES string of the molecule is Cc1cc(C(F)(F)F)cc(O)c1-c1ccc2cn(C34COC(C#N)(C3)C4)nc2n1. The lowest BCUT2D eigenvalue weighted by Gasteiger charge is -2.39. The van der Waals surface area contributed by atoms with Gasteiger partial charge in [-0.05, 0) is 36.8 Å². The van der Waals surface area contributed by atoms with Gasteiger partial charge < -0.3 is 9.84 Å². The molecular formula is C20H15F3N4O2. The van der Waals surface area contributed by atoms with Gasteiger partial charge in [0.15, 0.2) is 11.2 Å². The molecule has 2 aliphatic heterocycles. The van der Waals surface area contributed by atoms with Gasteiger partial charge >= 0.3 is 6.18 Å². The number of aryl methyl sites for hydroxylation is 1. The van der Waals surface area contributed by atoms with E-state index >= 15 is 0 Å². The van der Waals surface area contributed by atoms with Crippen LogP contribution in [0.4, 0.5) is 13.2 Å². The molecule has 3 aromatic rings. The Labute approximate surface area is 163 Å². The summed E-state index contributed by atoms with van der Waals surface area (Å²) in [5.74, 6) is -0.482. The number of nitrogens with zero attached hydrogens (tertiary/aromatic N) is 4. The summed E-state index contributed by atoms with van der Waals surface area (Å²) >= 11 is 0. The molecule has 2 saturated heterocycles. The number of pyridine rings is 1. The van der Waals surface area contributed by atoms with E-state index in [1.807, 2.05) is 6.20 Å². The summed E-state index contributed by atoms with van der Waals surface area (Å²) in [5.41, 5.74) is -0.729. The number of alkyl halides is 3. The van der Waals surface area contributed by atoms with Crippen LogP contribution in [-0.2, 0) is 16.5 Å². The van der Waals surface area contributed by atoms with Crippen LogP contribution in [0.2, 0.25) is 0 Å². The normalized spacial score (nSPS) is 25.8. The molecular weight excluding hydrogens is 385 g/mol. The molecule has 6 nitrogen and oxygen atoms in total. The summed E-state index contributed by atoms with van der Waals surface area (Å²) in [6.45, 7) is 1.90. The summed E-state index contributed by atoms with van der Waals surface area (Å²) in [6, 6.07) is 7.31. The lowest BCUT2D eigenvalue weighted by Crippen LogP contribution is -2.50. The summed E-state index contributed by atoms with van der Waals surface area (Å²) < 4.78 is 46.3. The number of nitriles is 1. The lowest BCUT2D eigenvalue weighted by atomic mass is 9.69. The molecule has 0 amide bonds. The fraction of sp³-hybridized carbons (Fsp3) is 0.350. The third kappa shape index (κ3) is 2.52. The van der Waals surface area contributed by atoms with Gasteiger partial charge in [0.25, 0.3) is 0 Å². The average molecular weight is 400 g/mol. The van der Waals surface area contributed by atoms with Crippen molar-refractivity contribution in [3.8, 4) is 23.1 Å². The van der Waals surface area contributed by atoms with Gasteiger partial charge in [-0.15, -0.1) is 0 Å². The van der Waals surface area contributed by atoms with Crippen LogP contribution < -0.4 is 0 Å². The largest absolute Gasteiger partial charge is 0.507 e. The third-order valence-corrected chi connectivity index (χ3v) is 5.80. The zero-order valence-corrected chi connectivity index (χ0v) is 15.3. The number of hydrogen-bond acceptors (Lipinski definition) is 5. The van der Waals surface area contributed by atoms with E-state index in [-0.39, 0.29) is 16.7 Å². The fourth-order valence-corrected chi connectivity index (χ4v) is 4.38. The van der Waals surface area contributed by atoms with Crippen molar-refractivity contribution in [2.75, 3.05) is 6.61 Å². The van der Waals surface area contributed by atoms with E-state index in [9.17, 15) is 23.5 Å². The molecule has 148 valence electrons. The van der Waals surface area contributed by atoms with Crippen LogP contribution in [0.5, 0.6) is 5.75 Å². The maximum Gasteiger partial charge on any atom is 0.416 e. The maximum absolute atomic E-state index is 13.0. The Morgan fingerprint density at radius 1 is 1.28 bits per heavy atom. The first-order chi connectivity index (χ1) is 13.6. The number of rotatable bonds is 2. The molecule has 6 rings (SSSR count). The highest BCUT2D eigenvalue weighted by atomic mass is 19.4. The Bertz CT molecular complexity index is 1180. The molecule has 1 aromatic carbocycles. The third-order valence-electron chi connectivity index (χ3n) is 5.80. The number of halogens is 3. The van der Waals surface area contributed by atoms with Gasteiger partial charge in [-0.2, -0.15) is 23.5 Å². The summed E-state index contributed by atoms with van der Waals surface area (Å²) in [7, 11) is 0. The smallest absolute Gasteiger partial charge is 0.416 e. The van der Waals surface area contributed by atoms with Crippen LogP contribution in [-0.4, -0.2) is 32.1 Å². The average Bonchev–Trinajstić information content (AvgIpc) is 3.31. The van der Waals surface area contributed by atoms with Crippen molar-refractivity contribution in [1.82, 2.24) is 14.8 Å². The Kier molecular flexibility index (Phi) is 3.39. The van der Waals surface area contributed by atoms with Crippen molar-refractivity contribution in [1.29, 1.82) is 5.26 Å². The van der Waals surface area contributed by atoms with Crippen molar-refractivity contribution in [2.45, 2.75) is 37.1 Å². The van der Waals surface area contributed by atoms with Crippen LogP contribution in [0.25, 0.3) is 22.3 Å². The second-order valence-electron chi connectivity index (χ2n) is 7.84. The van der Waals surface area contributed by atoms with E-state index in [0.29, 0.717) is 36.9 Å². The van der Waals surface area contributed by atoms with E-state index in [0.717, 1.165) is 11.5 Å². The zero-order valence-electron chi connectivity index (χ0n) is 15.3. The number of aromatic hydroxyl groups is 1. The molecule has 0 unspecified atom stereocenters. The number of aromatic nitrogens is 3. The molecule has 1 N–H and O–H groups in total. The highest BCUT2D eigenvalue weighted by molar-refractivity contribution is 5.80. The summed E-state index contributed by atoms with van der Waals surface area (Å²) in [4.78, 5) is 4.46. The quantitative estimate of drug-likeness (QED) is 0.705. The van der Waals surface area contributed by atoms with Crippen molar-refractivity contribution >= 4 is 11.0 Å². The van der Waals surface area contributed by atoms with E-state index in [4.69, 9.17) is 4.74 Å². The van der Waals surface area contributed by atoms with Crippen molar-refractivity contribution in [2.24, 2.45) is 0 Å².